The number of aryl methyl sites for hydroxylation is 1. The Bertz CT molecular complexity index is 5790. The highest BCUT2D eigenvalue weighted by atomic mass is 32.2. The molecule has 0 bridgehead atoms. The van der Waals surface area contributed by atoms with Crippen LogP contribution in [0.5, 0.6) is 0 Å². The van der Waals surface area contributed by atoms with Crippen LogP contribution >= 0.6 is 0 Å². The fourth-order valence-corrected chi connectivity index (χ4v) is 20.0. The molecule has 10 heterocycles. The van der Waals surface area contributed by atoms with Crippen molar-refractivity contribution in [1.29, 1.82) is 0 Å². The van der Waals surface area contributed by atoms with Crippen LogP contribution in [0.4, 0.5) is 17.6 Å². The van der Waals surface area contributed by atoms with Crippen molar-refractivity contribution < 1.29 is 45.0 Å². The van der Waals surface area contributed by atoms with Gasteiger partial charge < -0.3 is 25.9 Å². The number of carbonyl (C=O) groups excluding carboxylic acids is 2. The Kier molecular flexibility index (Phi) is 33.3. The molecular weight excluding hydrogens is 1650 g/mol. The van der Waals surface area contributed by atoms with E-state index in [-0.39, 0.29) is 56.9 Å². The van der Waals surface area contributed by atoms with Gasteiger partial charge >= 0.3 is 11.9 Å². The van der Waals surface area contributed by atoms with E-state index in [2.05, 4.69) is 74.8 Å². The number of aromatic nitrogens is 16. The first kappa shape index (κ1) is 92.2. The van der Waals surface area contributed by atoms with Crippen LogP contribution in [0.2, 0.25) is 0 Å². The summed E-state index contributed by atoms with van der Waals surface area (Å²) in [6.07, 6.45) is 56.3. The van der Waals surface area contributed by atoms with E-state index >= 15 is 0 Å². The van der Waals surface area contributed by atoms with Crippen molar-refractivity contribution in [2.24, 2.45) is 58.8 Å². The summed E-state index contributed by atoms with van der Waals surface area (Å²) < 4.78 is 96.4. The maximum absolute atomic E-state index is 15.0. The minimum absolute atomic E-state index is 0.0376. The van der Waals surface area contributed by atoms with E-state index in [0.29, 0.717) is 109 Å². The minimum Gasteiger partial charge on any atom is -0.461 e. The van der Waals surface area contributed by atoms with Gasteiger partial charge in [0.15, 0.2) is 28.9 Å². The quantitative estimate of drug-likeness (QED) is 0.0374. The van der Waals surface area contributed by atoms with Crippen molar-refractivity contribution in [3.8, 4) is 22.8 Å². The fraction of sp³-hybridized carbons (Fsp3) is 0.414. The monoisotopic (exact) mass is 1760 g/mol. The molecule has 0 saturated heterocycles. The Morgan fingerprint density at radius 3 is 1.27 bits per heavy atom. The normalized spacial score (nSPS) is 20.4. The highest BCUT2D eigenvalue weighted by Gasteiger charge is 2.32. The molecule has 5 fully saturated rings. The standard InChI is InChI=1S/C30H28F2N6O2S.C23H22F2N6.C20H24N2O2.C15H21NO2.C11H17N3/c1-19-5-7-24(8-6-19)41(39,40)38-18-26(25-14-22(31)15-36-30(25)38)29-35-17-27(32)28(37-29)13-21-4-2-3-20(11-21)12-23-16-33-9-10-34-23;24-16-9-18-19(12-29-22(18)28-10-16)23-30-13-20(25)21(31-23)8-15-3-1-2-14(6-15)7-17-11-26-4-5-27-17;23-20(24-15-16-5-2-1-3-6-16)13-18-8-4-7-17(11-18)12-19-14-21-9-10-22-19;16-14-8-4-7-13(9-14)10-15(17)18-11-12-5-2-1-3-6-12;12-10-3-1-2-9(6-10)7-11-8-13-4-5-14-11/h5-10,14-18,20-21H,2-4,11-13H2,1H3;4-5,9-15H,1-3,6-8H2,(H,28,29);1-3,5-6,9-10,14,17-18H,4,7-8,11-13,15H2;1-3,5-6,13-14H,4,7-11,16H2;4-5,8-10H,1-3,6-7,12H2/t20-,21+;14-,15+;17-,18+;13-,14+;9-,10+/m11101/s1. The third kappa shape index (κ3) is 27.3. The van der Waals surface area contributed by atoms with Crippen LogP contribution in [-0.4, -0.2) is 111 Å². The molecule has 5 N–H and O–H groups in total. The van der Waals surface area contributed by atoms with E-state index in [4.69, 9.17) is 20.9 Å². The molecule has 5 saturated carbocycles. The predicted molar refractivity (Wildman–Crippen MR) is 480 cm³/mol. The Labute approximate surface area is 744 Å². The van der Waals surface area contributed by atoms with Gasteiger partial charge in [-0.15, -0.1) is 0 Å². The van der Waals surface area contributed by atoms with Gasteiger partial charge in [0.2, 0.25) is 0 Å². The summed E-state index contributed by atoms with van der Waals surface area (Å²) in [5, 5.41) is 0.805. The largest absolute Gasteiger partial charge is 0.461 e. The Morgan fingerprint density at radius 1 is 0.430 bits per heavy atom. The van der Waals surface area contributed by atoms with Crippen LogP contribution in [0.1, 0.15) is 192 Å². The van der Waals surface area contributed by atoms with E-state index in [0.717, 1.165) is 190 Å². The first-order valence-corrected chi connectivity index (χ1v) is 46.3. The molecule has 128 heavy (non-hydrogen) atoms. The third-order valence-corrected chi connectivity index (χ3v) is 26.6. The molecule has 5 aliphatic rings. The lowest BCUT2D eigenvalue weighted by molar-refractivity contribution is -0.147. The van der Waals surface area contributed by atoms with E-state index in [1.807, 2.05) is 86.2 Å². The molecule has 0 spiro atoms. The van der Waals surface area contributed by atoms with Crippen molar-refractivity contribution in [3.63, 3.8) is 0 Å². The SMILES string of the molecule is Cc1ccc(S(=O)(=O)n2cc(-c3ncc(F)c(C[C@H]4CCC[C@@H](Cc5cnccn5)C4)n3)c3cc(F)cnc32)cc1.Fc1cnc2[nH]cc(-c3ncc(F)c(C[C@H]4CCC[C@@H](Cc5cnccn5)C4)n3)c2c1.N[C@@H]1CCC[C@H](CC(=O)OCc2ccccc2)C1.N[C@H]1CCC[C@@H](Cc2cnccn2)C1.O=C(C[C@H]1CCC[C@@H](Cc2cnccn2)C1)OCc1ccccc1. The summed E-state index contributed by atoms with van der Waals surface area (Å²) in [5.74, 6) is 2.01. The molecule has 0 unspecified atom stereocenters. The zero-order valence-electron chi connectivity index (χ0n) is 72.3. The number of fused-ring (bicyclic) bond motifs is 2. The number of aromatic amines is 1. The molecule has 3 aromatic carbocycles. The van der Waals surface area contributed by atoms with Gasteiger partial charge in [0, 0.05) is 134 Å². The summed E-state index contributed by atoms with van der Waals surface area (Å²) in [6.45, 7) is 2.60. The summed E-state index contributed by atoms with van der Waals surface area (Å²) in [7, 11) is -4.06. The first-order valence-electron chi connectivity index (χ1n) is 44.9. The van der Waals surface area contributed by atoms with Crippen molar-refractivity contribution in [2.45, 2.75) is 217 Å². The maximum Gasteiger partial charge on any atom is 0.306 e. The lowest BCUT2D eigenvalue weighted by atomic mass is 9.77. The van der Waals surface area contributed by atoms with Crippen LogP contribution in [0.25, 0.3) is 44.8 Å². The highest BCUT2D eigenvalue weighted by molar-refractivity contribution is 7.90. The summed E-state index contributed by atoms with van der Waals surface area (Å²) in [5.41, 5.74) is 21.1. The van der Waals surface area contributed by atoms with Gasteiger partial charge in [-0.3, -0.25) is 49.5 Å². The number of ether oxygens (including phenoxy) is 2. The molecule has 0 radical (unpaired) electrons. The maximum atomic E-state index is 15.0. The molecular formula is C99H112F4N18O6S. The van der Waals surface area contributed by atoms with Crippen LogP contribution < -0.4 is 11.5 Å². The number of carbonyl (C=O) groups is 2. The van der Waals surface area contributed by atoms with Crippen LogP contribution in [-0.2, 0) is 80.8 Å². The first-order chi connectivity index (χ1) is 62.3. The number of halogens is 4. The molecule has 13 aromatic rings. The van der Waals surface area contributed by atoms with E-state index in [9.17, 15) is 35.6 Å². The molecule has 24 nitrogen and oxygen atoms in total. The Balaban J connectivity index is 0.000000136. The zero-order valence-corrected chi connectivity index (χ0v) is 73.2. The average molecular weight is 1760 g/mol. The second kappa shape index (κ2) is 46.2. The van der Waals surface area contributed by atoms with Crippen molar-refractivity contribution in [1.82, 2.24) is 78.7 Å². The van der Waals surface area contributed by atoms with Gasteiger partial charge in [-0.1, -0.05) is 143 Å². The molecule has 0 aliphatic heterocycles. The topological polar surface area (TPSA) is 340 Å². The molecule has 18 rings (SSSR count). The number of esters is 2. The van der Waals surface area contributed by atoms with E-state index in [1.165, 1.54) is 68.8 Å². The number of hydrogen-bond acceptors (Lipinski definition) is 22. The molecule has 5 aliphatic carbocycles. The molecule has 10 aromatic heterocycles. The van der Waals surface area contributed by atoms with Gasteiger partial charge in [0.1, 0.15) is 30.5 Å². The molecule has 668 valence electrons. The zero-order chi connectivity index (χ0) is 89.0. The van der Waals surface area contributed by atoms with Crippen LogP contribution in [0.3, 0.4) is 0 Å². The number of pyridine rings is 2. The summed E-state index contributed by atoms with van der Waals surface area (Å²) in [6, 6.07) is 29.3. The van der Waals surface area contributed by atoms with E-state index in [1.54, 1.807) is 74.1 Å². The van der Waals surface area contributed by atoms with Crippen molar-refractivity contribution >= 4 is 44.0 Å². The van der Waals surface area contributed by atoms with Gasteiger partial charge in [0.25, 0.3) is 10.0 Å². The molecule has 29 heteroatoms. The van der Waals surface area contributed by atoms with Crippen LogP contribution in [0.15, 0.2) is 214 Å². The van der Waals surface area contributed by atoms with Crippen LogP contribution in [0, 0.1) is 77.5 Å². The van der Waals surface area contributed by atoms with Gasteiger partial charge in [-0.2, -0.15) is 0 Å². The Hall–Kier alpha value is -12.0. The number of nitrogens with two attached hydrogens (primary N) is 2. The van der Waals surface area contributed by atoms with Crippen molar-refractivity contribution in [3.05, 3.63) is 283 Å². The minimum atomic E-state index is -4.06. The average Bonchev–Trinajstić information content (AvgIpc) is 1.60. The van der Waals surface area contributed by atoms with Gasteiger partial charge in [0.05, 0.1) is 63.8 Å². The third-order valence-electron chi connectivity index (χ3n) is 24.9. The number of H-pyrrole nitrogens is 1. The van der Waals surface area contributed by atoms with Crippen molar-refractivity contribution in [2.75, 3.05) is 0 Å². The predicted octanol–water partition coefficient (Wildman–Crippen LogP) is 18.5. The molecule has 0 amide bonds. The Morgan fingerprint density at radius 2 is 0.820 bits per heavy atom. The number of hydrogen-bond donors (Lipinski definition) is 3. The second-order valence-corrected chi connectivity index (χ2v) is 36.7. The van der Waals surface area contributed by atoms with Gasteiger partial charge in [-0.05, 0) is 192 Å². The summed E-state index contributed by atoms with van der Waals surface area (Å²) >= 11 is 0. The number of nitrogens with one attached hydrogen (secondary N) is 1. The number of nitrogens with zero attached hydrogens (tertiary/aromatic N) is 15. The number of rotatable bonds is 24. The van der Waals surface area contributed by atoms with Gasteiger partial charge in [-0.25, -0.2) is 59.9 Å². The summed E-state index contributed by atoms with van der Waals surface area (Å²) in [4.78, 5) is 86.4. The molecule has 10 atom stereocenters. The number of benzene rings is 3. The van der Waals surface area contributed by atoms with E-state index < -0.39 is 33.3 Å². The lowest BCUT2D eigenvalue weighted by Crippen LogP contribution is -2.29. The fourth-order valence-electron chi connectivity index (χ4n) is 18.6. The lowest BCUT2D eigenvalue weighted by Gasteiger charge is -2.29. The smallest absolute Gasteiger partial charge is 0.306 e. The highest BCUT2D eigenvalue weighted by Crippen LogP contribution is 2.39. The second-order valence-electron chi connectivity index (χ2n) is 34.9.